The minimum Gasteiger partial charge on any atom is -0.473 e. The number of piperidine rings is 1. The number of carboxylic acid groups (broad SMARTS) is 2. The number of β-amino-alcohol motifs (C(OH)–C–C–N with tert-alkyl or cyclic N) is 1. The number of hydrogen-bond donors (Lipinski definition) is 3. The zero-order valence-electron chi connectivity index (χ0n) is 14.7. The van der Waals surface area contributed by atoms with Crippen molar-refractivity contribution in [2.45, 2.75) is 38.8 Å². The fraction of sp³-hybridized carbons (Fsp3) is 0.875. The summed E-state index contributed by atoms with van der Waals surface area (Å²) >= 11 is 0. The number of carboxylic acids is 2. The van der Waals surface area contributed by atoms with Crippen LogP contribution in [0.3, 0.4) is 0 Å². The summed E-state index contributed by atoms with van der Waals surface area (Å²) in [5, 5.41) is 23.7. The van der Waals surface area contributed by atoms with Gasteiger partial charge in [-0.25, -0.2) is 9.59 Å². The Hall–Kier alpha value is -1.22. The van der Waals surface area contributed by atoms with Crippen LogP contribution in [0.1, 0.15) is 26.7 Å². The van der Waals surface area contributed by atoms with E-state index in [2.05, 4.69) is 28.5 Å². The first-order valence-corrected chi connectivity index (χ1v) is 8.62. The SMILES string of the molecule is CC(C)N1CCC(N2CCN(CCO)CC2)CC1.O=C(O)C(=O)O. The highest BCUT2D eigenvalue weighted by Crippen LogP contribution is 2.19. The normalized spacial score (nSPS) is 21.3. The van der Waals surface area contributed by atoms with Gasteiger partial charge in [0, 0.05) is 44.8 Å². The highest BCUT2D eigenvalue weighted by atomic mass is 16.4. The summed E-state index contributed by atoms with van der Waals surface area (Å²) in [7, 11) is 0. The zero-order valence-corrected chi connectivity index (χ0v) is 14.7. The molecular weight excluding hydrogens is 314 g/mol. The van der Waals surface area contributed by atoms with E-state index in [1.54, 1.807) is 0 Å². The van der Waals surface area contributed by atoms with Crippen molar-refractivity contribution in [1.82, 2.24) is 14.7 Å². The monoisotopic (exact) mass is 345 g/mol. The Morgan fingerprint density at radius 3 is 1.83 bits per heavy atom. The van der Waals surface area contributed by atoms with E-state index in [1.165, 1.54) is 39.0 Å². The molecule has 8 heteroatoms. The van der Waals surface area contributed by atoms with Gasteiger partial charge in [0.2, 0.25) is 0 Å². The highest BCUT2D eigenvalue weighted by Gasteiger charge is 2.27. The van der Waals surface area contributed by atoms with Crippen molar-refractivity contribution in [3.8, 4) is 0 Å². The highest BCUT2D eigenvalue weighted by molar-refractivity contribution is 6.27. The van der Waals surface area contributed by atoms with Crippen molar-refractivity contribution in [2.75, 3.05) is 52.4 Å². The molecule has 8 nitrogen and oxygen atoms in total. The Morgan fingerprint density at radius 2 is 1.46 bits per heavy atom. The number of aliphatic hydroxyl groups excluding tert-OH is 1. The van der Waals surface area contributed by atoms with Crippen LogP contribution in [0.25, 0.3) is 0 Å². The lowest BCUT2D eigenvalue weighted by Gasteiger charge is -2.43. The van der Waals surface area contributed by atoms with Crippen LogP contribution in [0.15, 0.2) is 0 Å². The second kappa shape index (κ2) is 10.6. The summed E-state index contributed by atoms with van der Waals surface area (Å²) in [6.07, 6.45) is 2.66. The van der Waals surface area contributed by atoms with E-state index in [0.717, 1.165) is 25.7 Å². The summed E-state index contributed by atoms with van der Waals surface area (Å²) in [5.74, 6) is -3.65. The summed E-state index contributed by atoms with van der Waals surface area (Å²) < 4.78 is 0. The number of piperazine rings is 1. The van der Waals surface area contributed by atoms with E-state index in [4.69, 9.17) is 24.9 Å². The number of carbonyl (C=O) groups is 2. The number of hydrogen-bond acceptors (Lipinski definition) is 6. The van der Waals surface area contributed by atoms with E-state index in [9.17, 15) is 0 Å². The number of rotatable bonds is 4. The van der Waals surface area contributed by atoms with Crippen LogP contribution in [0.5, 0.6) is 0 Å². The van der Waals surface area contributed by atoms with Gasteiger partial charge in [0.05, 0.1) is 6.61 Å². The molecule has 140 valence electrons. The third-order valence-electron chi connectivity index (χ3n) is 4.75. The van der Waals surface area contributed by atoms with E-state index in [1.807, 2.05) is 0 Å². The quantitative estimate of drug-likeness (QED) is 0.593. The second-order valence-electron chi connectivity index (χ2n) is 6.57. The van der Waals surface area contributed by atoms with Gasteiger partial charge < -0.3 is 20.2 Å². The van der Waals surface area contributed by atoms with Crippen LogP contribution in [0.4, 0.5) is 0 Å². The first-order valence-electron chi connectivity index (χ1n) is 8.62. The van der Waals surface area contributed by atoms with Gasteiger partial charge in [0.15, 0.2) is 0 Å². The third-order valence-corrected chi connectivity index (χ3v) is 4.75. The average Bonchev–Trinajstić information content (AvgIpc) is 2.56. The zero-order chi connectivity index (χ0) is 18.1. The number of nitrogens with zero attached hydrogens (tertiary/aromatic N) is 3. The maximum atomic E-state index is 9.10. The fourth-order valence-corrected chi connectivity index (χ4v) is 3.26. The largest absolute Gasteiger partial charge is 0.473 e. The maximum Gasteiger partial charge on any atom is 0.414 e. The van der Waals surface area contributed by atoms with E-state index in [-0.39, 0.29) is 0 Å². The second-order valence-corrected chi connectivity index (χ2v) is 6.57. The molecule has 2 aliphatic heterocycles. The lowest BCUT2D eigenvalue weighted by molar-refractivity contribution is -0.159. The Kier molecular flexibility index (Phi) is 9.20. The van der Waals surface area contributed by atoms with Gasteiger partial charge in [0.25, 0.3) is 0 Å². The van der Waals surface area contributed by atoms with E-state index in [0.29, 0.717) is 12.6 Å². The van der Waals surface area contributed by atoms with Crippen molar-refractivity contribution in [3.63, 3.8) is 0 Å². The molecule has 2 aliphatic rings. The lowest BCUT2D eigenvalue weighted by Crippen LogP contribution is -2.54. The van der Waals surface area contributed by atoms with Crippen molar-refractivity contribution in [2.24, 2.45) is 0 Å². The minimum absolute atomic E-state index is 0.298. The molecule has 2 fully saturated rings. The molecule has 0 aromatic rings. The van der Waals surface area contributed by atoms with Gasteiger partial charge in [0.1, 0.15) is 0 Å². The summed E-state index contributed by atoms with van der Waals surface area (Å²) in [4.78, 5) is 25.8. The molecule has 0 saturated carbocycles. The Balaban J connectivity index is 0.000000413. The summed E-state index contributed by atoms with van der Waals surface area (Å²) in [6.45, 7) is 12.9. The van der Waals surface area contributed by atoms with E-state index < -0.39 is 11.9 Å². The van der Waals surface area contributed by atoms with Gasteiger partial charge in [-0.05, 0) is 39.8 Å². The minimum atomic E-state index is -1.82. The van der Waals surface area contributed by atoms with Crippen molar-refractivity contribution >= 4 is 11.9 Å². The summed E-state index contributed by atoms with van der Waals surface area (Å²) in [5.41, 5.74) is 0. The van der Waals surface area contributed by atoms with Gasteiger partial charge in [-0.2, -0.15) is 0 Å². The smallest absolute Gasteiger partial charge is 0.414 e. The fourth-order valence-electron chi connectivity index (χ4n) is 3.26. The lowest BCUT2D eigenvalue weighted by atomic mass is 10.0. The molecule has 0 unspecified atom stereocenters. The molecule has 0 amide bonds. The first kappa shape index (κ1) is 20.8. The predicted molar refractivity (Wildman–Crippen MR) is 90.1 cm³/mol. The molecular formula is C16H31N3O5. The maximum absolute atomic E-state index is 9.10. The van der Waals surface area contributed by atoms with Crippen LogP contribution in [-0.2, 0) is 9.59 Å². The van der Waals surface area contributed by atoms with Crippen LogP contribution < -0.4 is 0 Å². The van der Waals surface area contributed by atoms with Gasteiger partial charge in [-0.15, -0.1) is 0 Å². The molecule has 0 atom stereocenters. The van der Waals surface area contributed by atoms with Gasteiger partial charge in [-0.3, -0.25) is 9.80 Å². The molecule has 24 heavy (non-hydrogen) atoms. The van der Waals surface area contributed by atoms with Crippen LogP contribution in [0.2, 0.25) is 0 Å². The number of aliphatic hydroxyl groups is 1. The standard InChI is InChI=1S/C14H29N3O.C2H2O4/c1-13(2)16-5-3-14(4-6-16)17-9-7-15(8-10-17)11-12-18;3-1(4)2(5)6/h13-14,18H,3-12H2,1-2H3;(H,3,4)(H,5,6). The number of likely N-dealkylation sites (tertiary alicyclic amines) is 1. The van der Waals surface area contributed by atoms with Crippen molar-refractivity contribution in [1.29, 1.82) is 0 Å². The molecule has 2 rings (SSSR count). The van der Waals surface area contributed by atoms with Crippen molar-refractivity contribution < 1.29 is 24.9 Å². The Labute approximate surface area is 143 Å². The average molecular weight is 345 g/mol. The van der Waals surface area contributed by atoms with Gasteiger partial charge in [-0.1, -0.05) is 0 Å². The number of aliphatic carboxylic acids is 2. The first-order chi connectivity index (χ1) is 11.3. The molecule has 0 spiro atoms. The molecule has 0 radical (unpaired) electrons. The molecule has 3 N–H and O–H groups in total. The topological polar surface area (TPSA) is 105 Å². The van der Waals surface area contributed by atoms with E-state index >= 15 is 0 Å². The van der Waals surface area contributed by atoms with Crippen molar-refractivity contribution in [3.05, 3.63) is 0 Å². The molecule has 0 aliphatic carbocycles. The molecule has 2 saturated heterocycles. The Morgan fingerprint density at radius 1 is 0.958 bits per heavy atom. The molecule has 2 heterocycles. The third kappa shape index (κ3) is 7.12. The Bertz CT molecular complexity index is 377. The van der Waals surface area contributed by atoms with Gasteiger partial charge >= 0.3 is 11.9 Å². The molecule has 0 bridgehead atoms. The van der Waals surface area contributed by atoms with Crippen LogP contribution in [0, 0.1) is 0 Å². The molecule has 0 aromatic heterocycles. The predicted octanol–water partition coefficient (Wildman–Crippen LogP) is -0.375. The van der Waals surface area contributed by atoms with Crippen LogP contribution in [-0.4, -0.2) is 106 Å². The molecule has 0 aromatic carbocycles. The summed E-state index contributed by atoms with van der Waals surface area (Å²) in [6, 6.07) is 1.50. The van der Waals surface area contributed by atoms with Crippen LogP contribution >= 0.6 is 0 Å².